The molecule has 4 aliphatic rings. The number of hydrogen-bond donors (Lipinski definition) is 0. The molecule has 0 spiro atoms. The zero-order valence-electron chi connectivity index (χ0n) is 43.7. The molecule has 4 bridgehead atoms. The average Bonchev–Trinajstić information content (AvgIpc) is 3.46. The van der Waals surface area contributed by atoms with E-state index in [1.165, 1.54) is 22.3 Å². The van der Waals surface area contributed by atoms with Gasteiger partial charge in [-0.3, -0.25) is 0 Å². The minimum Gasteiger partial charge on any atom is -0.497 e. The van der Waals surface area contributed by atoms with E-state index in [0.717, 1.165) is 129 Å². The zero-order valence-corrected chi connectivity index (χ0v) is 43.7. The molecule has 0 radical (unpaired) electrons. The van der Waals surface area contributed by atoms with E-state index in [-0.39, 0.29) is 21.7 Å². The first-order chi connectivity index (χ1) is 36.0. The van der Waals surface area contributed by atoms with Crippen LogP contribution in [-0.2, 0) is 21.7 Å². The minimum absolute atomic E-state index is 0.171. The molecule has 376 valence electrons. The molecule has 4 fully saturated rings. The molecule has 8 aromatic rings. The Morgan fingerprint density at radius 3 is 0.486 bits per heavy atom. The highest BCUT2D eigenvalue weighted by Crippen LogP contribution is 2.75. The van der Waals surface area contributed by atoms with Gasteiger partial charge in [0, 0.05) is 24.3 Å². The predicted octanol–water partition coefficient (Wildman–Crippen LogP) is 14.9. The van der Waals surface area contributed by atoms with Crippen LogP contribution in [0.1, 0.15) is 60.8 Å². The van der Waals surface area contributed by atoms with Crippen LogP contribution in [-0.4, -0.2) is 56.9 Å². The van der Waals surface area contributed by atoms with E-state index >= 15 is 0 Å². The molecule has 0 N–H and O–H groups in total. The van der Waals surface area contributed by atoms with E-state index in [0.29, 0.717) is 0 Å². The highest BCUT2D eigenvalue weighted by molar-refractivity contribution is 5.72. The molecule has 0 aliphatic heterocycles. The standard InChI is InChI=1S/C66H64O8/c1-67-55-25-47(26-56(33-55)68-2)43-9-17-51(18-10-43)63-37-64(52-19-11-44(12-20-52)48-27-57(69-3)34-58(28-48)70-4)40-65(38-63,53-21-13-45(14-22-53)49-29-59(71-5)35-60(30-49)72-6)42-66(39-63,41-64)54-23-15-46(16-24-54)50-31-61(73-7)36-62(32-50)74-8/h9-36H,37-42H2,1-8H3. The first-order valence-electron chi connectivity index (χ1n) is 25.4. The summed E-state index contributed by atoms with van der Waals surface area (Å²) in [4.78, 5) is 0. The summed E-state index contributed by atoms with van der Waals surface area (Å²) < 4.78 is 45.7. The van der Waals surface area contributed by atoms with Crippen molar-refractivity contribution in [1.82, 2.24) is 0 Å². The molecule has 8 heteroatoms. The van der Waals surface area contributed by atoms with Gasteiger partial charge in [0.1, 0.15) is 46.0 Å². The van der Waals surface area contributed by atoms with Crippen molar-refractivity contribution in [2.45, 2.75) is 60.2 Å². The topological polar surface area (TPSA) is 73.8 Å². The van der Waals surface area contributed by atoms with Gasteiger partial charge in [0.25, 0.3) is 0 Å². The van der Waals surface area contributed by atoms with Crippen molar-refractivity contribution < 1.29 is 37.9 Å². The molecular formula is C66H64O8. The molecular weight excluding hydrogens is 921 g/mol. The third-order valence-electron chi connectivity index (χ3n) is 16.8. The van der Waals surface area contributed by atoms with Gasteiger partial charge < -0.3 is 37.9 Å². The summed E-state index contributed by atoms with van der Waals surface area (Å²) in [5.74, 6) is 6.11. The van der Waals surface area contributed by atoms with Crippen LogP contribution in [0.2, 0.25) is 0 Å². The lowest BCUT2D eigenvalue weighted by molar-refractivity contribution is -0.0691. The lowest BCUT2D eigenvalue weighted by Gasteiger charge is -2.71. The maximum absolute atomic E-state index is 5.71. The summed E-state index contributed by atoms with van der Waals surface area (Å²) in [6, 6.07) is 62.2. The Hall–Kier alpha value is -7.84. The molecule has 4 saturated carbocycles. The quantitative estimate of drug-likeness (QED) is 0.0948. The summed E-state index contributed by atoms with van der Waals surface area (Å²) in [5.41, 5.74) is 13.5. The van der Waals surface area contributed by atoms with Crippen molar-refractivity contribution in [2.24, 2.45) is 0 Å². The molecule has 0 atom stereocenters. The second-order valence-corrected chi connectivity index (χ2v) is 20.9. The van der Waals surface area contributed by atoms with Crippen molar-refractivity contribution in [1.29, 1.82) is 0 Å². The Morgan fingerprint density at radius 2 is 0.351 bits per heavy atom. The Bertz CT molecular complexity index is 2750. The van der Waals surface area contributed by atoms with Crippen LogP contribution in [0.25, 0.3) is 44.5 Å². The fourth-order valence-corrected chi connectivity index (χ4v) is 13.8. The van der Waals surface area contributed by atoms with Crippen LogP contribution in [0, 0.1) is 0 Å². The number of rotatable bonds is 16. The SMILES string of the molecule is COc1cc(OC)cc(-c2ccc(C34CC5(c6ccc(-c7cc(OC)cc(OC)c7)cc6)CC(c6ccc(-c7cc(OC)cc(OC)c7)cc6)(C3)CC(c3ccc(-c6cc(OC)cc(OC)c6)cc3)(C4)C5)cc2)c1. The Balaban J connectivity index is 1.09. The summed E-state index contributed by atoms with van der Waals surface area (Å²) in [7, 11) is 13.6. The average molecular weight is 985 g/mol. The van der Waals surface area contributed by atoms with Gasteiger partial charge in [0.2, 0.25) is 0 Å². The molecule has 0 unspecified atom stereocenters. The first-order valence-corrected chi connectivity index (χ1v) is 25.4. The van der Waals surface area contributed by atoms with Gasteiger partial charge in [-0.2, -0.15) is 0 Å². The highest BCUT2D eigenvalue weighted by atomic mass is 16.5. The van der Waals surface area contributed by atoms with Gasteiger partial charge in [-0.1, -0.05) is 97.1 Å². The number of hydrogen-bond acceptors (Lipinski definition) is 8. The van der Waals surface area contributed by atoms with Crippen LogP contribution < -0.4 is 37.9 Å². The van der Waals surface area contributed by atoms with E-state index in [1.807, 2.05) is 24.3 Å². The van der Waals surface area contributed by atoms with Gasteiger partial charge in [-0.25, -0.2) is 0 Å². The van der Waals surface area contributed by atoms with Crippen LogP contribution in [0.5, 0.6) is 46.0 Å². The van der Waals surface area contributed by atoms with Crippen molar-refractivity contribution in [2.75, 3.05) is 56.9 Å². The van der Waals surface area contributed by atoms with Crippen LogP contribution in [0.15, 0.2) is 170 Å². The number of benzene rings is 8. The molecule has 0 amide bonds. The van der Waals surface area contributed by atoms with Gasteiger partial charge in [0.15, 0.2) is 0 Å². The van der Waals surface area contributed by atoms with Crippen molar-refractivity contribution in [3.8, 4) is 90.5 Å². The second kappa shape index (κ2) is 19.2. The summed E-state index contributed by atoms with van der Waals surface area (Å²) in [5, 5.41) is 0. The molecule has 0 saturated heterocycles. The molecule has 12 rings (SSSR count). The van der Waals surface area contributed by atoms with E-state index in [1.54, 1.807) is 56.9 Å². The third kappa shape index (κ3) is 8.64. The van der Waals surface area contributed by atoms with Gasteiger partial charge in [-0.05, 0) is 175 Å². The summed E-state index contributed by atoms with van der Waals surface area (Å²) >= 11 is 0. The Kier molecular flexibility index (Phi) is 12.6. The fraction of sp³-hybridized carbons (Fsp3) is 0.273. The number of methoxy groups -OCH3 is 8. The van der Waals surface area contributed by atoms with Crippen molar-refractivity contribution in [3.05, 3.63) is 192 Å². The van der Waals surface area contributed by atoms with E-state index in [4.69, 9.17) is 37.9 Å². The van der Waals surface area contributed by atoms with Crippen molar-refractivity contribution >= 4 is 0 Å². The summed E-state index contributed by atoms with van der Waals surface area (Å²) in [6.45, 7) is 0. The smallest absolute Gasteiger partial charge is 0.123 e. The zero-order chi connectivity index (χ0) is 51.2. The molecule has 0 aromatic heterocycles. The maximum atomic E-state index is 5.71. The Morgan fingerprint density at radius 1 is 0.203 bits per heavy atom. The monoisotopic (exact) mass is 984 g/mol. The highest BCUT2D eigenvalue weighted by Gasteiger charge is 2.69. The first kappa shape index (κ1) is 48.4. The lowest BCUT2D eigenvalue weighted by atomic mass is 9.32. The van der Waals surface area contributed by atoms with Crippen molar-refractivity contribution in [3.63, 3.8) is 0 Å². The van der Waals surface area contributed by atoms with E-state index < -0.39 is 0 Å². The fourth-order valence-electron chi connectivity index (χ4n) is 13.8. The molecule has 8 aromatic carbocycles. The molecule has 74 heavy (non-hydrogen) atoms. The molecule has 4 aliphatic carbocycles. The molecule has 0 heterocycles. The van der Waals surface area contributed by atoms with Gasteiger partial charge in [0.05, 0.1) is 56.9 Å². The normalized spacial score (nSPS) is 21.4. The summed E-state index contributed by atoms with van der Waals surface area (Å²) in [6.07, 6.45) is 6.20. The predicted molar refractivity (Wildman–Crippen MR) is 294 cm³/mol. The third-order valence-corrected chi connectivity index (χ3v) is 16.8. The van der Waals surface area contributed by atoms with Crippen LogP contribution >= 0.6 is 0 Å². The minimum atomic E-state index is -0.171. The van der Waals surface area contributed by atoms with Crippen LogP contribution in [0.3, 0.4) is 0 Å². The Labute approximate surface area is 435 Å². The van der Waals surface area contributed by atoms with E-state index in [2.05, 4.69) is 146 Å². The maximum Gasteiger partial charge on any atom is 0.123 e. The largest absolute Gasteiger partial charge is 0.497 e. The second-order valence-electron chi connectivity index (χ2n) is 20.9. The van der Waals surface area contributed by atoms with Crippen LogP contribution in [0.4, 0.5) is 0 Å². The van der Waals surface area contributed by atoms with E-state index in [9.17, 15) is 0 Å². The number of ether oxygens (including phenoxy) is 8. The van der Waals surface area contributed by atoms with Gasteiger partial charge in [-0.15, -0.1) is 0 Å². The van der Waals surface area contributed by atoms with Gasteiger partial charge >= 0.3 is 0 Å². The molecule has 8 nitrogen and oxygen atoms in total. The lowest BCUT2D eigenvalue weighted by Crippen LogP contribution is -2.67.